The topological polar surface area (TPSA) is 47.3 Å². The quantitative estimate of drug-likeness (QED) is 0.818. The van der Waals surface area contributed by atoms with Gasteiger partial charge in [-0.15, -0.1) is 0 Å². The standard InChI is InChI=1S/C18H24N2O/c1-3-18(14-19,13-15-7-5-4-6-8-15)20-16-9-11-17(21-2)12-10-16/h4-12,20H,3,13-14,19H2,1-2H3. The first-order chi connectivity index (χ1) is 10.2. The van der Waals surface area contributed by atoms with Gasteiger partial charge in [0.15, 0.2) is 0 Å². The van der Waals surface area contributed by atoms with Crippen molar-refractivity contribution in [3.63, 3.8) is 0 Å². The zero-order valence-corrected chi connectivity index (χ0v) is 12.8. The Kier molecular flexibility index (Phi) is 5.23. The first-order valence-corrected chi connectivity index (χ1v) is 7.37. The molecule has 0 radical (unpaired) electrons. The van der Waals surface area contributed by atoms with Crippen LogP contribution in [-0.2, 0) is 6.42 Å². The fourth-order valence-corrected chi connectivity index (χ4v) is 2.49. The number of ether oxygens (including phenoxy) is 1. The maximum Gasteiger partial charge on any atom is 0.119 e. The molecule has 0 aromatic heterocycles. The van der Waals surface area contributed by atoms with E-state index in [1.165, 1.54) is 5.56 Å². The van der Waals surface area contributed by atoms with Crippen LogP contribution in [0.1, 0.15) is 18.9 Å². The minimum Gasteiger partial charge on any atom is -0.497 e. The van der Waals surface area contributed by atoms with E-state index in [0.717, 1.165) is 24.3 Å². The lowest BCUT2D eigenvalue weighted by molar-refractivity contribution is 0.414. The third-order valence-electron chi connectivity index (χ3n) is 3.95. The van der Waals surface area contributed by atoms with E-state index in [2.05, 4.69) is 36.5 Å². The van der Waals surface area contributed by atoms with Gasteiger partial charge in [0.25, 0.3) is 0 Å². The zero-order chi connectivity index (χ0) is 15.1. The monoisotopic (exact) mass is 284 g/mol. The number of rotatable bonds is 7. The molecular weight excluding hydrogens is 260 g/mol. The van der Waals surface area contributed by atoms with Crippen molar-refractivity contribution in [1.29, 1.82) is 0 Å². The second-order valence-electron chi connectivity index (χ2n) is 5.35. The van der Waals surface area contributed by atoms with Crippen molar-refractivity contribution >= 4 is 5.69 Å². The molecule has 0 aliphatic carbocycles. The van der Waals surface area contributed by atoms with Crippen LogP contribution in [0, 0.1) is 0 Å². The molecule has 3 nitrogen and oxygen atoms in total. The lowest BCUT2D eigenvalue weighted by atomic mass is 9.88. The van der Waals surface area contributed by atoms with Crippen LogP contribution < -0.4 is 15.8 Å². The van der Waals surface area contributed by atoms with Crippen LogP contribution in [0.4, 0.5) is 5.69 Å². The van der Waals surface area contributed by atoms with Gasteiger partial charge in [-0.25, -0.2) is 0 Å². The number of methoxy groups -OCH3 is 1. The van der Waals surface area contributed by atoms with Crippen LogP contribution in [0.3, 0.4) is 0 Å². The van der Waals surface area contributed by atoms with Crippen molar-refractivity contribution < 1.29 is 4.74 Å². The van der Waals surface area contributed by atoms with E-state index in [1.807, 2.05) is 30.3 Å². The predicted molar refractivity (Wildman–Crippen MR) is 88.8 cm³/mol. The summed E-state index contributed by atoms with van der Waals surface area (Å²) in [5.74, 6) is 0.860. The van der Waals surface area contributed by atoms with Crippen LogP contribution in [-0.4, -0.2) is 19.2 Å². The molecule has 0 saturated carbocycles. The smallest absolute Gasteiger partial charge is 0.119 e. The molecule has 112 valence electrons. The minimum atomic E-state index is -0.129. The Hall–Kier alpha value is -2.00. The average Bonchev–Trinajstić information content (AvgIpc) is 2.56. The number of anilines is 1. The van der Waals surface area contributed by atoms with Gasteiger partial charge in [-0.05, 0) is 42.7 Å². The van der Waals surface area contributed by atoms with E-state index < -0.39 is 0 Å². The Morgan fingerprint density at radius 3 is 2.24 bits per heavy atom. The zero-order valence-electron chi connectivity index (χ0n) is 12.8. The molecule has 3 N–H and O–H groups in total. The summed E-state index contributed by atoms with van der Waals surface area (Å²) in [4.78, 5) is 0. The van der Waals surface area contributed by atoms with E-state index in [4.69, 9.17) is 10.5 Å². The molecule has 3 heteroatoms. The lowest BCUT2D eigenvalue weighted by Gasteiger charge is -2.34. The molecule has 0 amide bonds. The average molecular weight is 284 g/mol. The molecule has 0 spiro atoms. The van der Waals surface area contributed by atoms with Crippen LogP contribution >= 0.6 is 0 Å². The van der Waals surface area contributed by atoms with Crippen LogP contribution in [0.15, 0.2) is 54.6 Å². The van der Waals surface area contributed by atoms with Crippen LogP contribution in [0.2, 0.25) is 0 Å². The Balaban J connectivity index is 2.16. The molecule has 0 saturated heterocycles. The summed E-state index contributed by atoms with van der Waals surface area (Å²) < 4.78 is 5.20. The van der Waals surface area contributed by atoms with Gasteiger partial charge >= 0.3 is 0 Å². The van der Waals surface area contributed by atoms with E-state index in [0.29, 0.717) is 6.54 Å². The summed E-state index contributed by atoms with van der Waals surface area (Å²) >= 11 is 0. The van der Waals surface area contributed by atoms with Crippen molar-refractivity contribution in [2.75, 3.05) is 19.0 Å². The van der Waals surface area contributed by atoms with Gasteiger partial charge in [-0.2, -0.15) is 0 Å². The molecule has 0 aliphatic heterocycles. The van der Waals surface area contributed by atoms with Crippen LogP contribution in [0.25, 0.3) is 0 Å². The summed E-state index contributed by atoms with van der Waals surface area (Å²) in [5, 5.41) is 3.61. The Labute approximate surface area is 127 Å². The van der Waals surface area contributed by atoms with Crippen molar-refractivity contribution in [3.05, 3.63) is 60.2 Å². The summed E-state index contributed by atoms with van der Waals surface area (Å²) in [7, 11) is 1.67. The number of nitrogens with one attached hydrogen (secondary N) is 1. The van der Waals surface area contributed by atoms with Crippen molar-refractivity contribution in [1.82, 2.24) is 0 Å². The molecule has 2 aromatic rings. The second-order valence-corrected chi connectivity index (χ2v) is 5.35. The normalized spacial score (nSPS) is 13.5. The highest BCUT2D eigenvalue weighted by Gasteiger charge is 2.26. The molecule has 0 bridgehead atoms. The molecule has 2 rings (SSSR count). The van der Waals surface area contributed by atoms with Crippen molar-refractivity contribution in [2.45, 2.75) is 25.3 Å². The first kappa shape index (κ1) is 15.4. The molecule has 0 aliphatic rings. The third kappa shape index (κ3) is 3.99. The van der Waals surface area contributed by atoms with E-state index in [1.54, 1.807) is 7.11 Å². The highest BCUT2D eigenvalue weighted by Crippen LogP contribution is 2.24. The lowest BCUT2D eigenvalue weighted by Crippen LogP contribution is -2.47. The summed E-state index contributed by atoms with van der Waals surface area (Å²) in [6.07, 6.45) is 1.87. The summed E-state index contributed by atoms with van der Waals surface area (Å²) in [6, 6.07) is 18.5. The van der Waals surface area contributed by atoms with Gasteiger partial charge in [0.2, 0.25) is 0 Å². The maximum atomic E-state index is 6.08. The Morgan fingerprint density at radius 1 is 1.05 bits per heavy atom. The minimum absolute atomic E-state index is 0.129. The second kappa shape index (κ2) is 7.14. The Morgan fingerprint density at radius 2 is 1.71 bits per heavy atom. The number of nitrogens with two attached hydrogens (primary N) is 1. The summed E-state index contributed by atoms with van der Waals surface area (Å²) in [6.45, 7) is 2.76. The SMILES string of the molecule is CCC(CN)(Cc1ccccc1)Nc1ccc(OC)cc1. The molecular formula is C18H24N2O. The van der Waals surface area contributed by atoms with E-state index in [-0.39, 0.29) is 5.54 Å². The molecule has 0 heterocycles. The van der Waals surface area contributed by atoms with Gasteiger partial charge in [-0.3, -0.25) is 0 Å². The maximum absolute atomic E-state index is 6.08. The van der Waals surface area contributed by atoms with Gasteiger partial charge in [0.1, 0.15) is 5.75 Å². The number of hydrogen-bond donors (Lipinski definition) is 2. The molecule has 21 heavy (non-hydrogen) atoms. The van der Waals surface area contributed by atoms with E-state index in [9.17, 15) is 0 Å². The van der Waals surface area contributed by atoms with Gasteiger partial charge < -0.3 is 15.8 Å². The van der Waals surface area contributed by atoms with Gasteiger partial charge in [0.05, 0.1) is 12.6 Å². The number of benzene rings is 2. The van der Waals surface area contributed by atoms with Crippen molar-refractivity contribution in [3.8, 4) is 5.75 Å². The third-order valence-corrected chi connectivity index (χ3v) is 3.95. The predicted octanol–water partition coefficient (Wildman–Crippen LogP) is 3.46. The highest BCUT2D eigenvalue weighted by atomic mass is 16.5. The number of hydrogen-bond acceptors (Lipinski definition) is 3. The highest BCUT2D eigenvalue weighted by molar-refractivity contribution is 5.49. The fourth-order valence-electron chi connectivity index (χ4n) is 2.49. The summed E-state index contributed by atoms with van der Waals surface area (Å²) in [5.41, 5.74) is 8.32. The molecule has 1 atom stereocenters. The van der Waals surface area contributed by atoms with Gasteiger partial charge in [-0.1, -0.05) is 37.3 Å². The first-order valence-electron chi connectivity index (χ1n) is 7.37. The molecule has 2 aromatic carbocycles. The molecule has 1 unspecified atom stereocenters. The van der Waals surface area contributed by atoms with Gasteiger partial charge in [0, 0.05) is 12.2 Å². The van der Waals surface area contributed by atoms with E-state index >= 15 is 0 Å². The Bertz CT molecular complexity index is 533. The molecule has 0 fully saturated rings. The van der Waals surface area contributed by atoms with Crippen molar-refractivity contribution in [2.24, 2.45) is 5.73 Å². The van der Waals surface area contributed by atoms with Crippen LogP contribution in [0.5, 0.6) is 5.75 Å². The fraction of sp³-hybridized carbons (Fsp3) is 0.333. The largest absolute Gasteiger partial charge is 0.497 e.